The fourth-order valence-electron chi connectivity index (χ4n) is 5.82. The molecule has 1 saturated heterocycles. The van der Waals surface area contributed by atoms with Crippen LogP contribution >= 0.6 is 0 Å². The lowest BCUT2D eigenvalue weighted by molar-refractivity contribution is -0.709. The van der Waals surface area contributed by atoms with Crippen LogP contribution in [-0.2, 0) is 18.6 Å². The maximum atomic E-state index is 13.5. The van der Waals surface area contributed by atoms with Gasteiger partial charge in [-0.15, -0.1) is 0 Å². The monoisotopic (exact) mass is 380 g/mol. The largest absolute Gasteiger partial charge is 0.385 e. The molecule has 0 spiro atoms. The fraction of sp³-hybridized carbons (Fsp3) is 0.565. The van der Waals surface area contributed by atoms with Crippen LogP contribution in [0, 0.1) is 5.92 Å². The average Bonchev–Trinajstić information content (AvgIpc) is 3.19. The summed E-state index contributed by atoms with van der Waals surface area (Å²) < 4.78 is 2.18. The molecule has 0 radical (unpaired) electrons. The summed E-state index contributed by atoms with van der Waals surface area (Å²) in [4.78, 5) is 18.9. The maximum Gasteiger partial charge on any atom is 0.346 e. The van der Waals surface area contributed by atoms with Crippen molar-refractivity contribution in [3.63, 3.8) is 0 Å². The number of aryl methyl sites for hydroxylation is 1. The van der Waals surface area contributed by atoms with Gasteiger partial charge < -0.3 is 10.0 Å². The molecule has 2 N–H and O–H groups in total. The second kappa shape index (κ2) is 7.03. The Morgan fingerprint density at radius 1 is 1.14 bits per heavy atom. The number of H-pyrrole nitrogens is 1. The number of likely N-dealkylation sites (tertiary alicyclic amines) is 1. The van der Waals surface area contributed by atoms with Crippen molar-refractivity contribution in [2.45, 2.75) is 69.6 Å². The molecule has 1 saturated carbocycles. The van der Waals surface area contributed by atoms with Crippen molar-refractivity contribution in [2.24, 2.45) is 5.92 Å². The number of hydrogen-bond donors (Lipinski definition) is 2. The minimum absolute atomic E-state index is 0.108. The predicted molar refractivity (Wildman–Crippen MR) is 106 cm³/mol. The normalized spacial score (nSPS) is 29.8. The van der Waals surface area contributed by atoms with Gasteiger partial charge in [0, 0.05) is 24.9 Å². The summed E-state index contributed by atoms with van der Waals surface area (Å²) in [6.45, 7) is 1.54. The summed E-state index contributed by atoms with van der Waals surface area (Å²) in [6.07, 6.45) is 10.2. The van der Waals surface area contributed by atoms with Crippen LogP contribution in [-0.4, -0.2) is 33.5 Å². The maximum absolute atomic E-state index is 13.5. The van der Waals surface area contributed by atoms with E-state index in [1.165, 1.54) is 12.1 Å². The summed E-state index contributed by atoms with van der Waals surface area (Å²) in [5, 5.41) is 11.7. The highest BCUT2D eigenvalue weighted by molar-refractivity contribution is 5.89. The van der Waals surface area contributed by atoms with E-state index < -0.39 is 5.60 Å². The first-order valence-corrected chi connectivity index (χ1v) is 10.9. The van der Waals surface area contributed by atoms with E-state index in [1.54, 1.807) is 0 Å². The number of carbonyl (C=O) groups excluding carboxylic acids is 1. The summed E-state index contributed by atoms with van der Waals surface area (Å²) in [6, 6.07) is 10.2. The zero-order valence-corrected chi connectivity index (χ0v) is 16.4. The standard InChI is InChI=1S/C23H29N3O2/c27-22(21-24-16-18-10-6-7-14-25(18)21)26-15-13-23(28,17-8-2-1-3-9-17)19-11-4-5-12-20(19)26/h1-3,8-9,16,19-20,28H,4-7,10-15H2/p+1/t19-,20?,23-/m0/s1. The van der Waals surface area contributed by atoms with Crippen LogP contribution in [0.4, 0.5) is 0 Å². The fourth-order valence-corrected chi connectivity index (χ4v) is 5.82. The lowest BCUT2D eigenvalue weighted by Crippen LogP contribution is -2.60. The molecule has 2 aromatic rings. The molecule has 1 aromatic carbocycles. The van der Waals surface area contributed by atoms with Crippen molar-refractivity contribution >= 4 is 5.91 Å². The Labute approximate surface area is 166 Å². The molecule has 0 bridgehead atoms. The number of hydrogen-bond acceptors (Lipinski definition) is 2. The molecule has 2 fully saturated rings. The predicted octanol–water partition coefficient (Wildman–Crippen LogP) is 2.93. The van der Waals surface area contributed by atoms with Crippen LogP contribution < -0.4 is 4.57 Å². The molecular weight excluding hydrogens is 350 g/mol. The van der Waals surface area contributed by atoms with Gasteiger partial charge in [0.25, 0.3) is 0 Å². The highest BCUT2D eigenvalue weighted by Crippen LogP contribution is 2.47. The third kappa shape index (κ3) is 2.79. The molecule has 1 aliphatic carbocycles. The van der Waals surface area contributed by atoms with Crippen LogP contribution in [0.1, 0.15) is 66.8 Å². The van der Waals surface area contributed by atoms with Crippen molar-refractivity contribution in [2.75, 3.05) is 6.54 Å². The van der Waals surface area contributed by atoms with Crippen LogP contribution in [0.5, 0.6) is 0 Å². The highest BCUT2D eigenvalue weighted by atomic mass is 16.3. The summed E-state index contributed by atoms with van der Waals surface area (Å²) in [5.74, 6) is 0.946. The molecule has 148 valence electrons. The first-order valence-electron chi connectivity index (χ1n) is 10.9. The molecule has 5 heteroatoms. The van der Waals surface area contributed by atoms with Crippen molar-refractivity contribution < 1.29 is 14.5 Å². The molecule has 3 heterocycles. The van der Waals surface area contributed by atoms with E-state index in [-0.39, 0.29) is 17.9 Å². The zero-order valence-electron chi connectivity index (χ0n) is 16.4. The number of nitrogens with one attached hydrogen (secondary N) is 1. The molecule has 1 unspecified atom stereocenters. The van der Waals surface area contributed by atoms with Crippen molar-refractivity contribution in [1.29, 1.82) is 0 Å². The Kier molecular flexibility index (Phi) is 4.50. The number of nitrogens with zero attached hydrogens (tertiary/aromatic N) is 2. The number of carbonyl (C=O) groups is 1. The van der Waals surface area contributed by atoms with Gasteiger partial charge in [-0.05, 0) is 37.7 Å². The Balaban J connectivity index is 1.46. The third-order valence-electron chi connectivity index (χ3n) is 7.27. The number of aliphatic hydroxyl groups is 1. The number of aromatic amines is 1. The van der Waals surface area contributed by atoms with Crippen molar-refractivity contribution in [3.05, 3.63) is 53.6 Å². The Bertz CT molecular complexity index is 862. The van der Waals surface area contributed by atoms with Gasteiger partial charge in [0.05, 0.1) is 12.1 Å². The molecule has 1 amide bonds. The van der Waals surface area contributed by atoms with Gasteiger partial charge in [-0.3, -0.25) is 4.79 Å². The van der Waals surface area contributed by atoms with E-state index in [2.05, 4.69) is 14.5 Å². The molecule has 1 aromatic heterocycles. The molecule has 2 aliphatic heterocycles. The van der Waals surface area contributed by atoms with Crippen molar-refractivity contribution in [3.8, 4) is 0 Å². The van der Waals surface area contributed by atoms with E-state index >= 15 is 0 Å². The van der Waals surface area contributed by atoms with E-state index in [0.717, 1.165) is 56.5 Å². The minimum Gasteiger partial charge on any atom is -0.385 e. The first-order chi connectivity index (χ1) is 13.7. The van der Waals surface area contributed by atoms with Crippen molar-refractivity contribution in [1.82, 2.24) is 9.88 Å². The zero-order chi connectivity index (χ0) is 19.1. The molecule has 3 atom stereocenters. The van der Waals surface area contributed by atoms with Crippen LogP contribution in [0.3, 0.4) is 0 Å². The number of rotatable bonds is 2. The van der Waals surface area contributed by atoms with Gasteiger partial charge in [-0.2, -0.15) is 0 Å². The van der Waals surface area contributed by atoms with E-state index in [1.807, 2.05) is 36.5 Å². The van der Waals surface area contributed by atoms with Crippen LogP contribution in [0.15, 0.2) is 36.5 Å². The Hall–Kier alpha value is -2.14. The molecule has 5 nitrogen and oxygen atoms in total. The van der Waals surface area contributed by atoms with E-state index in [0.29, 0.717) is 13.0 Å². The third-order valence-corrected chi connectivity index (χ3v) is 7.27. The second-order valence-corrected chi connectivity index (χ2v) is 8.73. The summed E-state index contributed by atoms with van der Waals surface area (Å²) >= 11 is 0. The second-order valence-electron chi connectivity index (χ2n) is 8.73. The van der Waals surface area contributed by atoms with E-state index in [4.69, 9.17) is 0 Å². The average molecular weight is 381 g/mol. The smallest absolute Gasteiger partial charge is 0.346 e. The topological polar surface area (TPSA) is 60.2 Å². The van der Waals surface area contributed by atoms with Gasteiger partial charge in [0.15, 0.2) is 0 Å². The minimum atomic E-state index is -0.828. The lowest BCUT2D eigenvalue weighted by atomic mass is 9.66. The molecule has 28 heavy (non-hydrogen) atoms. The summed E-state index contributed by atoms with van der Waals surface area (Å²) in [5.41, 5.74) is 1.42. The molecule has 5 rings (SSSR count). The van der Waals surface area contributed by atoms with E-state index in [9.17, 15) is 9.90 Å². The van der Waals surface area contributed by atoms with Gasteiger partial charge in [0.2, 0.25) is 0 Å². The number of imidazole rings is 1. The quantitative estimate of drug-likeness (QED) is 0.787. The number of piperidine rings is 1. The molecule has 3 aliphatic rings. The van der Waals surface area contributed by atoms with Gasteiger partial charge >= 0.3 is 11.7 Å². The Morgan fingerprint density at radius 2 is 1.96 bits per heavy atom. The number of benzene rings is 1. The number of fused-ring (bicyclic) bond motifs is 2. The summed E-state index contributed by atoms with van der Waals surface area (Å²) in [7, 11) is 0. The highest BCUT2D eigenvalue weighted by Gasteiger charge is 2.51. The number of amides is 1. The molecular formula is C23H30N3O2+. The van der Waals surface area contributed by atoms with Gasteiger partial charge in [-0.25, -0.2) is 9.55 Å². The SMILES string of the molecule is O=C(c1[nH]cc2[n+]1CCCC2)N1CC[C@](O)(c2ccccc2)[C@H]2CCCCC21. The Morgan fingerprint density at radius 3 is 2.82 bits per heavy atom. The van der Waals surface area contributed by atoms with Gasteiger partial charge in [0.1, 0.15) is 11.9 Å². The van der Waals surface area contributed by atoms with Crippen LogP contribution in [0.2, 0.25) is 0 Å². The van der Waals surface area contributed by atoms with Gasteiger partial charge in [-0.1, -0.05) is 43.2 Å². The number of aromatic nitrogens is 2. The van der Waals surface area contributed by atoms with Crippen LogP contribution in [0.25, 0.3) is 0 Å². The first kappa shape index (κ1) is 17.9. The lowest BCUT2D eigenvalue weighted by Gasteiger charge is -2.52.